The average Bonchev–Trinajstić information content (AvgIpc) is 2.14. The highest BCUT2D eigenvalue weighted by Gasteiger charge is 2.04. The first-order chi connectivity index (χ1) is 6.66. The van der Waals surface area contributed by atoms with E-state index in [0.717, 1.165) is 0 Å². The number of hydrogen-bond donors (Lipinski definition) is 1. The third kappa shape index (κ3) is 8.09. The highest BCUT2D eigenvalue weighted by atomic mass is 16.5. The highest BCUT2D eigenvalue weighted by molar-refractivity contribution is 5.76. The monoisotopic (exact) mass is 195 g/mol. The fourth-order valence-electron chi connectivity index (χ4n) is 0.551. The molecule has 0 aromatic carbocycles. The molecule has 0 radical (unpaired) electrons. The summed E-state index contributed by atoms with van der Waals surface area (Å²) in [4.78, 5) is 20.8. The smallest absolute Gasteiger partial charge is 0.307 e. The van der Waals surface area contributed by atoms with Crippen LogP contribution in [-0.4, -0.2) is 23.7 Å². The molecule has 0 aliphatic carbocycles. The van der Waals surface area contributed by atoms with Gasteiger partial charge in [0.1, 0.15) is 0 Å². The SMILES string of the molecule is N#CCC#CCOC(=O)CCC(=O)O. The Morgan fingerprint density at radius 1 is 1.29 bits per heavy atom. The van der Waals surface area contributed by atoms with E-state index in [1.807, 2.05) is 0 Å². The topological polar surface area (TPSA) is 87.4 Å². The number of carbonyl (C=O) groups excluding carboxylic acids is 1. The van der Waals surface area contributed by atoms with Gasteiger partial charge in [-0.15, -0.1) is 0 Å². The Bertz CT molecular complexity index is 305. The van der Waals surface area contributed by atoms with Crippen LogP contribution in [0.5, 0.6) is 0 Å². The first kappa shape index (κ1) is 12.0. The van der Waals surface area contributed by atoms with Gasteiger partial charge in [-0.2, -0.15) is 5.26 Å². The highest BCUT2D eigenvalue weighted by Crippen LogP contribution is 1.91. The molecule has 0 rings (SSSR count). The summed E-state index contributed by atoms with van der Waals surface area (Å²) in [6, 6.07) is 1.80. The molecule has 0 heterocycles. The van der Waals surface area contributed by atoms with Crippen LogP contribution in [0, 0.1) is 23.2 Å². The van der Waals surface area contributed by atoms with Gasteiger partial charge in [0.25, 0.3) is 0 Å². The molecule has 0 unspecified atom stereocenters. The van der Waals surface area contributed by atoms with Crippen LogP contribution in [0.1, 0.15) is 19.3 Å². The summed E-state index contributed by atoms with van der Waals surface area (Å²) in [6.07, 6.45) is -0.313. The van der Waals surface area contributed by atoms with Gasteiger partial charge in [-0.05, 0) is 0 Å². The zero-order chi connectivity index (χ0) is 10.8. The third-order valence-electron chi connectivity index (χ3n) is 1.14. The molecular formula is C9H9NO4. The Hall–Kier alpha value is -2.01. The third-order valence-corrected chi connectivity index (χ3v) is 1.14. The van der Waals surface area contributed by atoms with Gasteiger partial charge in [0.15, 0.2) is 6.61 Å². The molecule has 1 N–H and O–H groups in total. The lowest BCUT2D eigenvalue weighted by Crippen LogP contribution is -2.07. The molecule has 0 bridgehead atoms. The van der Waals surface area contributed by atoms with Crippen molar-refractivity contribution in [3.63, 3.8) is 0 Å². The van der Waals surface area contributed by atoms with E-state index in [9.17, 15) is 9.59 Å². The van der Waals surface area contributed by atoms with Gasteiger partial charge in [0.2, 0.25) is 0 Å². The molecule has 74 valence electrons. The normalized spacial score (nSPS) is 7.93. The number of nitrogens with zero attached hydrogens (tertiary/aromatic N) is 1. The Morgan fingerprint density at radius 3 is 2.57 bits per heavy atom. The number of carbonyl (C=O) groups is 2. The summed E-state index contributed by atoms with van der Waals surface area (Å²) in [5.41, 5.74) is 0. The van der Waals surface area contributed by atoms with Crippen LogP contribution in [0.2, 0.25) is 0 Å². The maximum Gasteiger partial charge on any atom is 0.307 e. The van der Waals surface area contributed by atoms with Gasteiger partial charge in [-0.25, -0.2) is 0 Å². The van der Waals surface area contributed by atoms with E-state index in [4.69, 9.17) is 10.4 Å². The fourth-order valence-corrected chi connectivity index (χ4v) is 0.551. The van der Waals surface area contributed by atoms with Crippen molar-refractivity contribution in [3.05, 3.63) is 0 Å². The Kier molecular flexibility index (Phi) is 6.53. The molecule has 0 spiro atoms. The minimum Gasteiger partial charge on any atom is -0.481 e. The number of carboxylic acid groups (broad SMARTS) is 1. The number of rotatable bonds is 4. The van der Waals surface area contributed by atoms with Gasteiger partial charge in [-0.1, -0.05) is 11.8 Å². The van der Waals surface area contributed by atoms with E-state index < -0.39 is 11.9 Å². The number of carboxylic acids is 1. The molecule has 5 nitrogen and oxygen atoms in total. The number of nitriles is 1. The van der Waals surface area contributed by atoms with Crippen molar-refractivity contribution in [2.45, 2.75) is 19.3 Å². The summed E-state index contributed by atoms with van der Waals surface area (Å²) in [7, 11) is 0. The van der Waals surface area contributed by atoms with Crippen LogP contribution in [0.25, 0.3) is 0 Å². The van der Waals surface area contributed by atoms with Gasteiger partial charge in [0.05, 0.1) is 25.3 Å². The van der Waals surface area contributed by atoms with Gasteiger partial charge in [0, 0.05) is 0 Å². The Labute approximate surface area is 81.3 Å². The summed E-state index contributed by atoms with van der Waals surface area (Å²) < 4.78 is 4.55. The standard InChI is InChI=1S/C9H9NO4/c10-6-2-1-3-7-14-9(13)5-4-8(11)12/h2,4-5,7H2,(H,11,12). The Morgan fingerprint density at radius 2 is 2.00 bits per heavy atom. The summed E-state index contributed by atoms with van der Waals surface area (Å²) in [6.45, 7) is -0.0971. The summed E-state index contributed by atoms with van der Waals surface area (Å²) in [5.74, 6) is 3.25. The molecule has 14 heavy (non-hydrogen) atoms. The summed E-state index contributed by atoms with van der Waals surface area (Å²) in [5, 5.41) is 16.3. The molecule has 0 aliphatic heterocycles. The molecule has 0 aliphatic rings. The van der Waals surface area contributed by atoms with Gasteiger partial charge in [-0.3, -0.25) is 9.59 Å². The van der Waals surface area contributed by atoms with Crippen molar-refractivity contribution in [2.75, 3.05) is 6.61 Å². The zero-order valence-corrected chi connectivity index (χ0v) is 7.45. The van der Waals surface area contributed by atoms with E-state index in [1.54, 1.807) is 6.07 Å². The van der Waals surface area contributed by atoms with Crippen molar-refractivity contribution < 1.29 is 19.4 Å². The molecular weight excluding hydrogens is 186 g/mol. The first-order valence-electron chi connectivity index (χ1n) is 3.87. The first-order valence-corrected chi connectivity index (χ1v) is 3.87. The maximum absolute atomic E-state index is 10.8. The van der Waals surface area contributed by atoms with E-state index >= 15 is 0 Å². The van der Waals surface area contributed by atoms with Crippen molar-refractivity contribution in [1.82, 2.24) is 0 Å². The van der Waals surface area contributed by atoms with Gasteiger partial charge < -0.3 is 9.84 Å². The van der Waals surface area contributed by atoms with Gasteiger partial charge >= 0.3 is 11.9 Å². The van der Waals surface area contributed by atoms with Crippen molar-refractivity contribution in [1.29, 1.82) is 5.26 Å². The van der Waals surface area contributed by atoms with Crippen LogP contribution in [0.15, 0.2) is 0 Å². The molecule has 0 fully saturated rings. The van der Waals surface area contributed by atoms with Crippen molar-refractivity contribution in [3.8, 4) is 17.9 Å². The second-order valence-electron chi connectivity index (χ2n) is 2.24. The lowest BCUT2D eigenvalue weighted by atomic mass is 10.3. The van der Waals surface area contributed by atoms with E-state index in [2.05, 4.69) is 16.6 Å². The summed E-state index contributed by atoms with van der Waals surface area (Å²) >= 11 is 0. The second-order valence-corrected chi connectivity index (χ2v) is 2.24. The number of ether oxygens (including phenoxy) is 1. The van der Waals surface area contributed by atoms with Crippen LogP contribution >= 0.6 is 0 Å². The maximum atomic E-state index is 10.8. The van der Waals surface area contributed by atoms with E-state index in [1.165, 1.54) is 0 Å². The average molecular weight is 195 g/mol. The molecule has 0 saturated carbocycles. The number of esters is 1. The van der Waals surface area contributed by atoms with Crippen LogP contribution in [0.3, 0.4) is 0 Å². The van der Waals surface area contributed by atoms with Crippen LogP contribution in [0.4, 0.5) is 0 Å². The number of hydrogen-bond acceptors (Lipinski definition) is 4. The number of aliphatic carboxylic acids is 1. The lowest BCUT2D eigenvalue weighted by Gasteiger charge is -1.97. The molecule has 0 aromatic heterocycles. The van der Waals surface area contributed by atoms with E-state index in [0.29, 0.717) is 0 Å². The predicted octanol–water partition coefficient (Wildman–Crippen LogP) is 0.311. The second kappa shape index (κ2) is 7.63. The molecule has 0 amide bonds. The fraction of sp³-hybridized carbons (Fsp3) is 0.444. The molecule has 0 aromatic rings. The predicted molar refractivity (Wildman–Crippen MR) is 45.8 cm³/mol. The molecule has 0 atom stereocenters. The van der Waals surface area contributed by atoms with Crippen molar-refractivity contribution >= 4 is 11.9 Å². The molecule has 5 heteroatoms. The van der Waals surface area contributed by atoms with Crippen LogP contribution < -0.4 is 0 Å². The largest absolute Gasteiger partial charge is 0.481 e. The van der Waals surface area contributed by atoms with E-state index in [-0.39, 0.29) is 25.9 Å². The zero-order valence-electron chi connectivity index (χ0n) is 7.45. The minimum absolute atomic E-state index is 0.0900. The Balaban J connectivity index is 3.52. The van der Waals surface area contributed by atoms with Crippen LogP contribution in [-0.2, 0) is 14.3 Å². The minimum atomic E-state index is -1.04. The molecule has 0 saturated heterocycles. The quantitative estimate of drug-likeness (QED) is 0.515. The lowest BCUT2D eigenvalue weighted by molar-refractivity contribution is -0.146. The van der Waals surface area contributed by atoms with Crippen molar-refractivity contribution in [2.24, 2.45) is 0 Å².